The minimum absolute atomic E-state index is 0.282. The van der Waals surface area contributed by atoms with E-state index >= 15 is 0 Å². The fraction of sp³-hybridized carbons (Fsp3) is 0.619. The molecule has 2 fully saturated rings. The van der Waals surface area contributed by atoms with E-state index in [2.05, 4.69) is 44.8 Å². The highest BCUT2D eigenvalue weighted by atomic mass is 16.2. The number of benzene rings is 1. The third kappa shape index (κ3) is 3.57. The molecule has 5 nitrogen and oxygen atoms in total. The second-order valence-electron chi connectivity index (χ2n) is 7.95. The summed E-state index contributed by atoms with van der Waals surface area (Å²) in [7, 11) is 1.82. The second-order valence-corrected chi connectivity index (χ2v) is 7.95. The zero-order valence-electron chi connectivity index (χ0n) is 15.7. The molecule has 140 valence electrons. The minimum atomic E-state index is 0.282. The van der Waals surface area contributed by atoms with Gasteiger partial charge in [0, 0.05) is 44.6 Å². The van der Waals surface area contributed by atoms with E-state index in [-0.39, 0.29) is 5.92 Å². The van der Waals surface area contributed by atoms with E-state index in [4.69, 9.17) is 0 Å². The van der Waals surface area contributed by atoms with Crippen LogP contribution in [0.3, 0.4) is 0 Å². The van der Waals surface area contributed by atoms with Crippen LogP contribution in [0, 0.1) is 5.92 Å². The Labute approximate surface area is 156 Å². The van der Waals surface area contributed by atoms with Gasteiger partial charge in [-0.25, -0.2) is 0 Å². The molecule has 0 spiro atoms. The summed E-state index contributed by atoms with van der Waals surface area (Å²) >= 11 is 0. The number of hydrogen-bond donors (Lipinski definition) is 2. The lowest BCUT2D eigenvalue weighted by Gasteiger charge is -2.31. The monoisotopic (exact) mass is 354 g/mol. The molecule has 0 bridgehead atoms. The van der Waals surface area contributed by atoms with E-state index < -0.39 is 0 Å². The fourth-order valence-corrected chi connectivity index (χ4v) is 4.66. The van der Waals surface area contributed by atoms with E-state index in [0.717, 1.165) is 51.3 Å². The SMILES string of the molecule is CN=C(NCC1Cc2ccccc21)NC1CCN(C(=O)C2CCCC2)C1. The lowest BCUT2D eigenvalue weighted by Crippen LogP contribution is -2.47. The Kier molecular flexibility index (Phi) is 5.14. The van der Waals surface area contributed by atoms with Gasteiger partial charge in [-0.15, -0.1) is 0 Å². The number of carbonyl (C=O) groups is 1. The maximum absolute atomic E-state index is 12.6. The van der Waals surface area contributed by atoms with E-state index in [1.165, 1.54) is 24.0 Å². The fourth-order valence-electron chi connectivity index (χ4n) is 4.66. The maximum atomic E-state index is 12.6. The Balaban J connectivity index is 1.24. The molecule has 0 radical (unpaired) electrons. The quantitative estimate of drug-likeness (QED) is 0.644. The van der Waals surface area contributed by atoms with Gasteiger partial charge in [-0.05, 0) is 36.8 Å². The van der Waals surface area contributed by atoms with Gasteiger partial charge in [0.25, 0.3) is 0 Å². The molecular weight excluding hydrogens is 324 g/mol. The van der Waals surface area contributed by atoms with Crippen LogP contribution >= 0.6 is 0 Å². The molecule has 1 aliphatic heterocycles. The lowest BCUT2D eigenvalue weighted by molar-refractivity contribution is -0.134. The number of guanidine groups is 1. The van der Waals surface area contributed by atoms with Gasteiger partial charge < -0.3 is 15.5 Å². The molecule has 1 aromatic rings. The zero-order valence-corrected chi connectivity index (χ0v) is 15.7. The highest BCUT2D eigenvalue weighted by molar-refractivity contribution is 5.81. The summed E-state index contributed by atoms with van der Waals surface area (Å²) in [6, 6.07) is 8.98. The van der Waals surface area contributed by atoms with E-state index in [1.807, 2.05) is 7.05 Å². The van der Waals surface area contributed by atoms with Crippen LogP contribution in [-0.2, 0) is 11.2 Å². The maximum Gasteiger partial charge on any atom is 0.225 e. The second kappa shape index (κ2) is 7.68. The number of hydrogen-bond acceptors (Lipinski definition) is 2. The van der Waals surface area contributed by atoms with Crippen molar-refractivity contribution in [3.05, 3.63) is 35.4 Å². The molecular formula is C21H30N4O. The van der Waals surface area contributed by atoms with Crippen molar-refractivity contribution in [1.29, 1.82) is 0 Å². The third-order valence-electron chi connectivity index (χ3n) is 6.25. The summed E-state index contributed by atoms with van der Waals surface area (Å²) in [5, 5.41) is 6.99. The van der Waals surface area contributed by atoms with Crippen molar-refractivity contribution in [3.8, 4) is 0 Å². The van der Waals surface area contributed by atoms with Crippen LogP contribution in [0.5, 0.6) is 0 Å². The van der Waals surface area contributed by atoms with Gasteiger partial charge in [0.2, 0.25) is 5.91 Å². The van der Waals surface area contributed by atoms with Crippen LogP contribution in [0.4, 0.5) is 0 Å². The molecule has 3 aliphatic rings. The molecule has 2 aliphatic carbocycles. The minimum Gasteiger partial charge on any atom is -0.356 e. The van der Waals surface area contributed by atoms with Crippen LogP contribution in [0.2, 0.25) is 0 Å². The number of nitrogens with one attached hydrogen (secondary N) is 2. The van der Waals surface area contributed by atoms with Gasteiger partial charge in [0.15, 0.2) is 5.96 Å². The number of amides is 1. The normalized spacial score (nSPS) is 25.7. The van der Waals surface area contributed by atoms with Crippen LogP contribution in [0.25, 0.3) is 0 Å². The third-order valence-corrected chi connectivity index (χ3v) is 6.25. The van der Waals surface area contributed by atoms with Crippen molar-refractivity contribution in [2.45, 2.75) is 50.5 Å². The molecule has 2 atom stereocenters. The predicted molar refractivity (Wildman–Crippen MR) is 104 cm³/mol. The van der Waals surface area contributed by atoms with Gasteiger partial charge in [-0.1, -0.05) is 37.1 Å². The van der Waals surface area contributed by atoms with Crippen molar-refractivity contribution < 1.29 is 4.79 Å². The molecule has 1 saturated carbocycles. The van der Waals surface area contributed by atoms with Crippen molar-refractivity contribution >= 4 is 11.9 Å². The first-order valence-corrected chi connectivity index (χ1v) is 10.1. The van der Waals surface area contributed by atoms with Crippen molar-refractivity contribution in [1.82, 2.24) is 15.5 Å². The van der Waals surface area contributed by atoms with Gasteiger partial charge in [0.1, 0.15) is 0 Å². The first kappa shape index (κ1) is 17.4. The van der Waals surface area contributed by atoms with Crippen LogP contribution in [0.1, 0.15) is 49.1 Å². The molecule has 26 heavy (non-hydrogen) atoms. The zero-order chi connectivity index (χ0) is 17.9. The largest absolute Gasteiger partial charge is 0.356 e. The molecule has 1 heterocycles. The summed E-state index contributed by atoms with van der Waals surface area (Å²) in [6.45, 7) is 2.59. The molecule has 1 saturated heterocycles. The number of aliphatic imine (C=N–C) groups is 1. The summed E-state index contributed by atoms with van der Waals surface area (Å²) in [5.41, 5.74) is 2.93. The van der Waals surface area contributed by atoms with Crippen molar-refractivity contribution in [3.63, 3.8) is 0 Å². The molecule has 0 aromatic heterocycles. The molecule has 5 heteroatoms. The average molecular weight is 354 g/mol. The average Bonchev–Trinajstić information content (AvgIpc) is 3.33. The summed E-state index contributed by atoms with van der Waals surface area (Å²) < 4.78 is 0. The van der Waals surface area contributed by atoms with E-state index in [0.29, 0.717) is 17.9 Å². The number of nitrogens with zero attached hydrogens (tertiary/aromatic N) is 2. The molecule has 1 aromatic carbocycles. The van der Waals surface area contributed by atoms with Gasteiger partial charge >= 0.3 is 0 Å². The highest BCUT2D eigenvalue weighted by Gasteiger charge is 2.32. The molecule has 1 amide bonds. The summed E-state index contributed by atoms with van der Waals surface area (Å²) in [4.78, 5) is 19.0. The Bertz CT molecular complexity index is 680. The molecule has 2 N–H and O–H groups in total. The Hall–Kier alpha value is -2.04. The van der Waals surface area contributed by atoms with Crippen LogP contribution < -0.4 is 10.6 Å². The number of carbonyl (C=O) groups excluding carboxylic acids is 1. The first-order valence-electron chi connectivity index (χ1n) is 10.1. The lowest BCUT2D eigenvalue weighted by atomic mass is 9.78. The van der Waals surface area contributed by atoms with Crippen LogP contribution in [0.15, 0.2) is 29.3 Å². The molecule has 4 rings (SSSR count). The smallest absolute Gasteiger partial charge is 0.225 e. The molecule has 2 unspecified atom stereocenters. The number of likely N-dealkylation sites (tertiary alicyclic amines) is 1. The van der Waals surface area contributed by atoms with E-state index in [1.54, 1.807) is 0 Å². The van der Waals surface area contributed by atoms with Crippen molar-refractivity contribution in [2.24, 2.45) is 10.9 Å². The number of rotatable bonds is 4. The topological polar surface area (TPSA) is 56.7 Å². The van der Waals surface area contributed by atoms with Gasteiger partial charge in [-0.3, -0.25) is 9.79 Å². The van der Waals surface area contributed by atoms with Gasteiger partial charge in [0.05, 0.1) is 0 Å². The Morgan fingerprint density at radius 3 is 2.81 bits per heavy atom. The Morgan fingerprint density at radius 1 is 1.23 bits per heavy atom. The summed E-state index contributed by atoms with van der Waals surface area (Å²) in [5.74, 6) is 2.09. The summed E-state index contributed by atoms with van der Waals surface area (Å²) in [6.07, 6.45) is 6.75. The van der Waals surface area contributed by atoms with Gasteiger partial charge in [-0.2, -0.15) is 0 Å². The highest BCUT2D eigenvalue weighted by Crippen LogP contribution is 2.34. The van der Waals surface area contributed by atoms with Crippen LogP contribution in [-0.4, -0.2) is 49.5 Å². The Morgan fingerprint density at radius 2 is 2.04 bits per heavy atom. The first-order chi connectivity index (χ1) is 12.7. The van der Waals surface area contributed by atoms with E-state index in [9.17, 15) is 4.79 Å². The van der Waals surface area contributed by atoms with Crippen molar-refractivity contribution in [2.75, 3.05) is 26.7 Å². The number of fused-ring (bicyclic) bond motifs is 1. The predicted octanol–water partition coefficient (Wildman–Crippen LogP) is 2.28. The standard InChI is InChI=1S/C21H30N4O/c1-22-21(23-13-17-12-16-8-4-5-9-19(16)17)24-18-10-11-25(14-18)20(26)15-6-2-3-7-15/h4-5,8-9,15,17-18H,2-3,6-7,10-14H2,1H3,(H2,22,23,24).